The molecular formula is C8H12F2N2O3. The number of nitrogens with zero attached hydrogens (tertiary/aromatic N) is 1. The van der Waals surface area contributed by atoms with Crippen LogP contribution in [0.2, 0.25) is 0 Å². The number of hydrazine groups is 1. The van der Waals surface area contributed by atoms with Gasteiger partial charge in [-0.2, -0.15) is 0 Å². The maximum absolute atomic E-state index is 12.1. The highest BCUT2D eigenvalue weighted by molar-refractivity contribution is 6.18. The molecule has 7 heteroatoms. The van der Waals surface area contributed by atoms with Crippen LogP contribution in [0.25, 0.3) is 0 Å². The van der Waals surface area contributed by atoms with Gasteiger partial charge in [-0.1, -0.05) is 0 Å². The van der Waals surface area contributed by atoms with Crippen molar-refractivity contribution in [1.29, 1.82) is 0 Å². The molecule has 0 rings (SSSR count). The fourth-order valence-corrected chi connectivity index (χ4v) is 0.747. The van der Waals surface area contributed by atoms with Crippen molar-refractivity contribution >= 4 is 11.8 Å². The molecule has 0 atom stereocenters. The average molecular weight is 222 g/mol. The van der Waals surface area contributed by atoms with Crippen molar-refractivity contribution in [3.63, 3.8) is 0 Å². The average Bonchev–Trinajstić information content (AvgIpc) is 2.13. The summed E-state index contributed by atoms with van der Waals surface area (Å²) >= 11 is 0. The Morgan fingerprint density at radius 2 is 2.07 bits per heavy atom. The van der Waals surface area contributed by atoms with Crippen LogP contribution < -0.4 is 5.84 Å². The summed E-state index contributed by atoms with van der Waals surface area (Å²) in [6.45, 7) is 1.48. The Kier molecular flexibility index (Phi) is 5.46. The second-order valence-corrected chi connectivity index (χ2v) is 2.59. The van der Waals surface area contributed by atoms with Crippen LogP contribution >= 0.6 is 0 Å². The Labute approximate surface area is 85.4 Å². The number of Topliss-reactive ketones (excluding diaryl/α,β-unsaturated/α-hetero) is 1. The van der Waals surface area contributed by atoms with Crippen molar-refractivity contribution in [3.8, 4) is 0 Å². The van der Waals surface area contributed by atoms with E-state index in [9.17, 15) is 18.4 Å². The van der Waals surface area contributed by atoms with Gasteiger partial charge in [0.05, 0.1) is 6.61 Å². The minimum atomic E-state index is -3.26. The fourth-order valence-electron chi connectivity index (χ4n) is 0.747. The van der Waals surface area contributed by atoms with Gasteiger partial charge in [-0.3, -0.25) is 4.79 Å². The maximum Gasteiger partial charge on any atom is 0.343 e. The molecule has 0 bridgehead atoms. The lowest BCUT2D eigenvalue weighted by Crippen LogP contribution is -2.27. The Hall–Kier alpha value is -1.50. The number of nitrogens with two attached hydrogens (primary N) is 1. The van der Waals surface area contributed by atoms with Crippen LogP contribution in [0.5, 0.6) is 0 Å². The number of carbonyl (C=O) groups is 2. The van der Waals surface area contributed by atoms with Crippen molar-refractivity contribution in [3.05, 3.63) is 11.8 Å². The molecule has 0 heterocycles. The van der Waals surface area contributed by atoms with E-state index < -0.39 is 23.8 Å². The topological polar surface area (TPSA) is 72.6 Å². The van der Waals surface area contributed by atoms with Gasteiger partial charge in [-0.25, -0.2) is 19.4 Å². The van der Waals surface area contributed by atoms with Gasteiger partial charge >= 0.3 is 12.4 Å². The molecule has 0 aromatic heterocycles. The Morgan fingerprint density at radius 1 is 1.53 bits per heavy atom. The minimum Gasteiger partial charge on any atom is -0.462 e. The predicted octanol–water partition coefficient (Wildman–Crippen LogP) is 0.0731. The summed E-state index contributed by atoms with van der Waals surface area (Å²) in [5.74, 6) is 2.40. The third kappa shape index (κ3) is 4.50. The van der Waals surface area contributed by atoms with Gasteiger partial charge in [0.15, 0.2) is 0 Å². The lowest BCUT2D eigenvalue weighted by atomic mass is 10.2. The number of ether oxygens (including phenoxy) is 1. The highest BCUT2D eigenvalue weighted by Gasteiger charge is 2.27. The summed E-state index contributed by atoms with van der Waals surface area (Å²) < 4.78 is 28.6. The van der Waals surface area contributed by atoms with Gasteiger partial charge < -0.3 is 9.75 Å². The van der Waals surface area contributed by atoms with Gasteiger partial charge in [0, 0.05) is 13.2 Å². The van der Waals surface area contributed by atoms with Crippen LogP contribution in [0.4, 0.5) is 8.78 Å². The third-order valence-corrected chi connectivity index (χ3v) is 1.29. The Balaban J connectivity index is 4.90. The molecule has 2 N–H and O–H groups in total. The van der Waals surface area contributed by atoms with E-state index in [1.54, 1.807) is 0 Å². The second-order valence-electron chi connectivity index (χ2n) is 2.59. The van der Waals surface area contributed by atoms with Gasteiger partial charge in [-0.05, 0) is 6.92 Å². The SMILES string of the molecule is CCOC(=O)/C(=C/N(C)N)C(=O)C(F)F. The van der Waals surface area contributed by atoms with Crippen LogP contribution in [-0.4, -0.2) is 36.8 Å². The van der Waals surface area contributed by atoms with E-state index in [0.29, 0.717) is 0 Å². The van der Waals surface area contributed by atoms with Crippen molar-refractivity contribution in [2.75, 3.05) is 13.7 Å². The summed E-state index contributed by atoms with van der Waals surface area (Å²) in [7, 11) is 1.29. The molecular weight excluding hydrogens is 210 g/mol. The first-order valence-electron chi connectivity index (χ1n) is 4.09. The second kappa shape index (κ2) is 6.07. The van der Waals surface area contributed by atoms with E-state index in [0.717, 1.165) is 11.2 Å². The van der Waals surface area contributed by atoms with Crippen LogP contribution in [0.1, 0.15) is 6.92 Å². The highest BCUT2D eigenvalue weighted by Crippen LogP contribution is 2.08. The minimum absolute atomic E-state index is 0.0129. The van der Waals surface area contributed by atoms with Crippen molar-refractivity contribution in [2.24, 2.45) is 5.84 Å². The lowest BCUT2D eigenvalue weighted by Gasteiger charge is -2.09. The quantitative estimate of drug-likeness (QED) is 0.178. The van der Waals surface area contributed by atoms with Crippen molar-refractivity contribution < 1.29 is 23.1 Å². The van der Waals surface area contributed by atoms with Gasteiger partial charge in [0.2, 0.25) is 5.78 Å². The molecule has 0 aliphatic carbocycles. The van der Waals surface area contributed by atoms with E-state index in [1.807, 2.05) is 0 Å². The first-order valence-corrected chi connectivity index (χ1v) is 4.09. The Bertz CT molecular complexity index is 277. The number of carbonyl (C=O) groups excluding carboxylic acids is 2. The van der Waals surface area contributed by atoms with Crippen LogP contribution in [0, 0.1) is 0 Å². The molecule has 0 aromatic rings. The molecule has 0 saturated carbocycles. The van der Waals surface area contributed by atoms with E-state index >= 15 is 0 Å². The van der Waals surface area contributed by atoms with Crippen molar-refractivity contribution in [2.45, 2.75) is 13.3 Å². The molecule has 0 aliphatic rings. The number of ketones is 1. The molecule has 0 spiro atoms. The highest BCUT2D eigenvalue weighted by atomic mass is 19.3. The number of rotatable bonds is 5. The smallest absolute Gasteiger partial charge is 0.343 e. The first kappa shape index (κ1) is 13.5. The molecule has 0 aromatic carbocycles. The molecule has 5 nitrogen and oxygen atoms in total. The fraction of sp³-hybridized carbons (Fsp3) is 0.500. The summed E-state index contributed by atoms with van der Waals surface area (Å²) in [6.07, 6.45) is -2.47. The summed E-state index contributed by atoms with van der Waals surface area (Å²) in [5.41, 5.74) is -0.767. The van der Waals surface area contributed by atoms with E-state index in [1.165, 1.54) is 14.0 Å². The number of hydrogen-bond donors (Lipinski definition) is 1. The zero-order chi connectivity index (χ0) is 12.0. The van der Waals surface area contributed by atoms with E-state index in [4.69, 9.17) is 5.84 Å². The summed E-state index contributed by atoms with van der Waals surface area (Å²) in [5, 5.41) is 0.826. The van der Waals surface area contributed by atoms with Crippen LogP contribution in [0.15, 0.2) is 11.8 Å². The molecule has 0 unspecified atom stereocenters. The molecule has 0 aliphatic heterocycles. The number of esters is 1. The zero-order valence-corrected chi connectivity index (χ0v) is 8.37. The molecule has 0 amide bonds. The molecule has 0 radical (unpaired) electrons. The largest absolute Gasteiger partial charge is 0.462 e. The number of halogens is 2. The number of hydrogen-bond acceptors (Lipinski definition) is 5. The van der Waals surface area contributed by atoms with Gasteiger partial charge in [0.25, 0.3) is 0 Å². The molecule has 86 valence electrons. The molecule has 0 saturated heterocycles. The zero-order valence-electron chi connectivity index (χ0n) is 8.37. The van der Waals surface area contributed by atoms with Crippen LogP contribution in [0.3, 0.4) is 0 Å². The summed E-state index contributed by atoms with van der Waals surface area (Å²) in [4.78, 5) is 22.0. The molecule has 0 fully saturated rings. The first-order chi connectivity index (χ1) is 6.90. The van der Waals surface area contributed by atoms with E-state index in [2.05, 4.69) is 4.74 Å². The van der Waals surface area contributed by atoms with Crippen molar-refractivity contribution in [1.82, 2.24) is 5.01 Å². The third-order valence-electron chi connectivity index (χ3n) is 1.29. The Morgan fingerprint density at radius 3 is 2.40 bits per heavy atom. The number of alkyl halides is 2. The van der Waals surface area contributed by atoms with Crippen LogP contribution in [-0.2, 0) is 14.3 Å². The lowest BCUT2D eigenvalue weighted by molar-refractivity contribution is -0.141. The van der Waals surface area contributed by atoms with E-state index in [-0.39, 0.29) is 6.61 Å². The van der Waals surface area contributed by atoms with Gasteiger partial charge in [-0.15, -0.1) is 0 Å². The normalized spacial score (nSPS) is 11.5. The monoisotopic (exact) mass is 222 g/mol. The summed E-state index contributed by atoms with van der Waals surface area (Å²) in [6, 6.07) is 0. The maximum atomic E-state index is 12.1. The molecule has 15 heavy (non-hydrogen) atoms. The predicted molar refractivity (Wildman–Crippen MR) is 47.7 cm³/mol. The van der Waals surface area contributed by atoms with Gasteiger partial charge in [0.1, 0.15) is 5.57 Å². The standard InChI is InChI=1S/C8H12F2N2O3/c1-3-15-8(14)5(4-12(2)11)6(13)7(9)10/h4,7H,3,11H2,1-2H3/b5-4+.